The van der Waals surface area contributed by atoms with Gasteiger partial charge in [0, 0.05) is 18.5 Å². The van der Waals surface area contributed by atoms with E-state index >= 15 is 0 Å². The van der Waals surface area contributed by atoms with Crippen LogP contribution in [-0.2, 0) is 0 Å². The molecule has 1 atom stereocenters. The van der Waals surface area contributed by atoms with Crippen molar-refractivity contribution in [2.75, 3.05) is 0 Å². The number of nitrogens with one attached hydrogen (secondary N) is 1. The largest absolute Gasteiger partial charge is 0.308 e. The molecule has 0 aliphatic carbocycles. The maximum Gasteiger partial charge on any atom is 0.275 e. The minimum Gasteiger partial charge on any atom is -0.308 e. The van der Waals surface area contributed by atoms with Gasteiger partial charge in [-0.2, -0.15) is 5.10 Å². The number of carbonyl (C=O) groups excluding carboxylic acids is 1. The van der Waals surface area contributed by atoms with Gasteiger partial charge in [-0.1, -0.05) is 17.7 Å². The molecule has 0 fully saturated rings. The molecular weight excluding hydrogens is 408 g/mol. The van der Waals surface area contributed by atoms with Crippen LogP contribution in [0.15, 0.2) is 63.0 Å². The number of rotatable bonds is 2. The molecule has 124 valence electrons. The van der Waals surface area contributed by atoms with Crippen LogP contribution in [0.5, 0.6) is 0 Å². The third-order valence-electron chi connectivity index (χ3n) is 3.66. The van der Waals surface area contributed by atoms with Crippen molar-refractivity contribution in [2.24, 2.45) is 15.9 Å². The van der Waals surface area contributed by atoms with Crippen molar-refractivity contribution in [2.45, 2.75) is 0 Å². The highest BCUT2D eigenvalue weighted by molar-refractivity contribution is 9.10. The topological polar surface area (TPSA) is 84.5 Å². The summed E-state index contributed by atoms with van der Waals surface area (Å²) in [6.07, 6.45) is 8.67. The van der Waals surface area contributed by atoms with Gasteiger partial charge in [0.1, 0.15) is 16.1 Å². The van der Waals surface area contributed by atoms with E-state index in [1.807, 2.05) is 12.2 Å². The summed E-state index contributed by atoms with van der Waals surface area (Å²) in [5.74, 6) is 0.377. The highest BCUT2D eigenvalue weighted by Gasteiger charge is 2.27. The Morgan fingerprint density at radius 1 is 1.40 bits per heavy atom. The Kier molecular flexibility index (Phi) is 4.06. The van der Waals surface area contributed by atoms with Gasteiger partial charge in [-0.15, -0.1) is 0 Å². The van der Waals surface area contributed by atoms with Crippen molar-refractivity contribution in [1.82, 2.24) is 20.1 Å². The zero-order valence-electron chi connectivity index (χ0n) is 12.6. The summed E-state index contributed by atoms with van der Waals surface area (Å²) < 4.78 is 1.88. The molecule has 0 saturated carbocycles. The van der Waals surface area contributed by atoms with Crippen LogP contribution in [0.1, 0.15) is 10.5 Å². The molecule has 9 heteroatoms. The number of aliphatic imine (C=N–C) groups is 2. The first-order chi connectivity index (χ1) is 12.1. The number of nitrogens with zero attached hydrogens (tertiary/aromatic N) is 5. The van der Waals surface area contributed by atoms with Crippen molar-refractivity contribution in [3.8, 4) is 5.82 Å². The summed E-state index contributed by atoms with van der Waals surface area (Å²) in [7, 11) is 0. The molecule has 1 N–H and O–H groups in total. The quantitative estimate of drug-likeness (QED) is 0.815. The Hall–Kier alpha value is -2.58. The van der Waals surface area contributed by atoms with Gasteiger partial charge < -0.3 is 5.32 Å². The Labute approximate surface area is 156 Å². The number of fused-ring (bicyclic) bond motifs is 1. The number of allylic oxidation sites excluding steroid dienone is 1. The van der Waals surface area contributed by atoms with E-state index < -0.39 is 0 Å². The van der Waals surface area contributed by atoms with Crippen LogP contribution in [0.4, 0.5) is 0 Å². The third-order valence-corrected chi connectivity index (χ3v) is 4.34. The zero-order valence-corrected chi connectivity index (χ0v) is 14.9. The molecule has 1 amide bonds. The molecule has 2 aromatic rings. The smallest absolute Gasteiger partial charge is 0.275 e. The maximum atomic E-state index is 12.8. The van der Waals surface area contributed by atoms with Crippen LogP contribution in [0.3, 0.4) is 0 Å². The van der Waals surface area contributed by atoms with Crippen molar-refractivity contribution in [3.63, 3.8) is 0 Å². The summed E-state index contributed by atoms with van der Waals surface area (Å²) in [4.78, 5) is 25.4. The second-order valence-electron chi connectivity index (χ2n) is 5.24. The molecule has 0 bridgehead atoms. The van der Waals surface area contributed by atoms with Gasteiger partial charge in [0.15, 0.2) is 5.82 Å². The highest BCUT2D eigenvalue weighted by Crippen LogP contribution is 2.25. The molecular formula is C16H10BrClN6O. The van der Waals surface area contributed by atoms with Crippen molar-refractivity contribution < 1.29 is 4.79 Å². The first-order valence-electron chi connectivity index (χ1n) is 7.30. The molecule has 7 nitrogen and oxygen atoms in total. The Morgan fingerprint density at radius 2 is 2.28 bits per heavy atom. The van der Waals surface area contributed by atoms with Gasteiger partial charge in [-0.05, 0) is 34.1 Å². The van der Waals surface area contributed by atoms with Crippen LogP contribution < -0.4 is 5.32 Å². The first kappa shape index (κ1) is 15.9. The standard InChI is InChI=1S/C16H10BrClN6O/c17-13-7-12(24(23-13)15-10(18)4-2-6-20-15)16(25)22-14-9-3-1-5-19-11(9)8-21-14/h1-9H,(H,21,22,25). The second-order valence-corrected chi connectivity index (χ2v) is 6.46. The minimum absolute atomic E-state index is 0.146. The summed E-state index contributed by atoms with van der Waals surface area (Å²) in [5.41, 5.74) is 1.08. The van der Waals surface area contributed by atoms with E-state index in [1.165, 1.54) is 4.68 Å². The van der Waals surface area contributed by atoms with Crippen LogP contribution in [0.25, 0.3) is 5.82 Å². The van der Waals surface area contributed by atoms with E-state index in [2.05, 4.69) is 41.3 Å². The van der Waals surface area contributed by atoms with Crippen LogP contribution in [0.2, 0.25) is 5.02 Å². The summed E-state index contributed by atoms with van der Waals surface area (Å²) >= 11 is 9.47. The average Bonchev–Trinajstić information content (AvgIpc) is 3.19. The number of hydrogen-bond acceptors (Lipinski definition) is 5. The predicted molar refractivity (Wildman–Crippen MR) is 98.2 cm³/mol. The molecule has 25 heavy (non-hydrogen) atoms. The Morgan fingerprint density at radius 3 is 3.12 bits per heavy atom. The molecule has 1 unspecified atom stereocenters. The lowest BCUT2D eigenvalue weighted by Gasteiger charge is -2.14. The number of aromatic nitrogens is 3. The summed E-state index contributed by atoms with van der Waals surface area (Å²) in [5, 5.41) is 7.46. The minimum atomic E-state index is -0.365. The van der Waals surface area contributed by atoms with E-state index in [4.69, 9.17) is 11.6 Å². The number of carbonyl (C=O) groups is 1. The molecule has 0 saturated heterocycles. The molecule has 0 spiro atoms. The number of amides is 1. The maximum absolute atomic E-state index is 12.8. The number of amidine groups is 1. The van der Waals surface area contributed by atoms with Gasteiger partial charge in [0.2, 0.25) is 0 Å². The molecule has 2 aromatic heterocycles. The fourth-order valence-corrected chi connectivity index (χ4v) is 3.11. The van der Waals surface area contributed by atoms with E-state index in [1.54, 1.807) is 36.8 Å². The molecule has 4 heterocycles. The van der Waals surface area contributed by atoms with Gasteiger partial charge >= 0.3 is 0 Å². The van der Waals surface area contributed by atoms with Gasteiger partial charge in [-0.25, -0.2) is 14.7 Å². The summed E-state index contributed by atoms with van der Waals surface area (Å²) in [6, 6.07) is 4.99. The molecule has 0 aromatic carbocycles. The Bertz CT molecular complexity index is 990. The number of pyridine rings is 1. The summed E-state index contributed by atoms with van der Waals surface area (Å²) in [6.45, 7) is 0. The van der Waals surface area contributed by atoms with Gasteiger partial charge in [-0.3, -0.25) is 9.79 Å². The molecule has 0 radical (unpaired) electrons. The Balaban J connectivity index is 1.63. The number of hydrogen-bond donors (Lipinski definition) is 1. The molecule has 4 rings (SSSR count). The zero-order chi connectivity index (χ0) is 17.4. The van der Waals surface area contributed by atoms with Gasteiger partial charge in [0.25, 0.3) is 5.91 Å². The SMILES string of the molecule is O=C(NC1=NC=C2N=CC=CC21)c1cc(Br)nn1-c1ncccc1Cl. The van der Waals surface area contributed by atoms with Crippen LogP contribution in [0, 0.1) is 5.92 Å². The van der Waals surface area contributed by atoms with Crippen molar-refractivity contribution in [3.05, 3.63) is 63.8 Å². The second kappa shape index (κ2) is 6.38. The normalized spacial score (nSPS) is 17.9. The lowest BCUT2D eigenvalue weighted by molar-refractivity contribution is 0.0968. The van der Waals surface area contributed by atoms with Crippen molar-refractivity contribution in [1.29, 1.82) is 0 Å². The lowest BCUT2D eigenvalue weighted by atomic mass is 10.0. The lowest BCUT2D eigenvalue weighted by Crippen LogP contribution is -2.35. The fourth-order valence-electron chi connectivity index (χ4n) is 2.53. The van der Waals surface area contributed by atoms with E-state index in [0.29, 0.717) is 21.3 Å². The predicted octanol–water partition coefficient (Wildman–Crippen LogP) is 2.92. The van der Waals surface area contributed by atoms with E-state index in [0.717, 1.165) is 5.70 Å². The average molecular weight is 418 g/mol. The first-order valence-corrected chi connectivity index (χ1v) is 8.47. The van der Waals surface area contributed by atoms with Gasteiger partial charge in [0.05, 0.1) is 22.8 Å². The van der Waals surface area contributed by atoms with Crippen LogP contribution >= 0.6 is 27.5 Å². The number of halogens is 2. The third kappa shape index (κ3) is 2.94. The van der Waals surface area contributed by atoms with E-state index in [-0.39, 0.29) is 17.5 Å². The molecule has 2 aliphatic rings. The van der Waals surface area contributed by atoms with Crippen LogP contribution in [-0.4, -0.2) is 32.7 Å². The van der Waals surface area contributed by atoms with Crippen molar-refractivity contribution >= 4 is 45.5 Å². The highest BCUT2D eigenvalue weighted by atomic mass is 79.9. The fraction of sp³-hybridized carbons (Fsp3) is 0.0625. The molecule has 2 aliphatic heterocycles. The monoisotopic (exact) mass is 416 g/mol. The van der Waals surface area contributed by atoms with E-state index in [9.17, 15) is 4.79 Å². The number of dihydropyridines is 1.